The molecular weight excluding hydrogens is 273 g/mol. The Balaban J connectivity index is 2.01. The molecule has 3 heteroatoms. The summed E-state index contributed by atoms with van der Waals surface area (Å²) in [7, 11) is 0. The van der Waals surface area contributed by atoms with E-state index in [1.807, 2.05) is 0 Å². The van der Waals surface area contributed by atoms with Gasteiger partial charge in [0.1, 0.15) is 0 Å². The van der Waals surface area contributed by atoms with Crippen LogP contribution < -0.4 is 0 Å². The summed E-state index contributed by atoms with van der Waals surface area (Å²) < 4.78 is 6.11. The van der Waals surface area contributed by atoms with Crippen LogP contribution in [0.1, 0.15) is 33.6 Å². The van der Waals surface area contributed by atoms with Crippen molar-refractivity contribution in [2.24, 2.45) is 17.8 Å². The van der Waals surface area contributed by atoms with E-state index in [9.17, 15) is 4.79 Å². The van der Waals surface area contributed by atoms with Crippen molar-refractivity contribution >= 4 is 19.6 Å². The molecule has 96 valence electrons. The molecule has 0 heterocycles. The van der Waals surface area contributed by atoms with Gasteiger partial charge in [-0.2, -0.15) is 0 Å². The van der Waals surface area contributed by atoms with Gasteiger partial charge in [0.15, 0.2) is 0 Å². The summed E-state index contributed by atoms with van der Waals surface area (Å²) in [5.74, 6) is 5.73. The molecule has 2 aliphatic carbocycles. The van der Waals surface area contributed by atoms with E-state index in [0.29, 0.717) is 11.8 Å². The first-order chi connectivity index (χ1) is 7.71. The molecule has 0 aromatic carbocycles. The molecule has 0 radical (unpaired) electrons. The molecule has 2 nitrogen and oxygen atoms in total. The summed E-state index contributed by atoms with van der Waals surface area (Å²) in [5, 5.41) is 0. The summed E-state index contributed by atoms with van der Waals surface area (Å²) in [6.45, 7) is 6.59. The molecule has 2 aliphatic rings. The fourth-order valence-electron chi connectivity index (χ4n) is 2.53. The van der Waals surface area contributed by atoms with Crippen LogP contribution in [0.15, 0.2) is 12.2 Å². The van der Waals surface area contributed by atoms with Crippen molar-refractivity contribution in [3.8, 4) is 0 Å². The van der Waals surface area contributed by atoms with Gasteiger partial charge >= 0.3 is 107 Å². The standard InChI is InChI=1S/C14H24GeO2/c1-14(2,3)15(4,5)17-13(16)12-9-10-6-7-11(12)8-10/h6-7,10-12H,8-9H2,1-5H3. The molecule has 0 aliphatic heterocycles. The zero-order chi connectivity index (χ0) is 12.8. The molecule has 0 spiro atoms. The third kappa shape index (κ3) is 2.47. The number of allylic oxidation sites excluding steroid dienone is 2. The number of hydrogen-bond acceptors (Lipinski definition) is 2. The SMILES string of the molecule is C[C](C)(C)[Ge]([CH3])([CH3])[O]C(=O)C1CC2C=CC1C2. The fourth-order valence-corrected chi connectivity index (χ4v) is 4.55. The second-order valence-corrected chi connectivity index (χ2v) is 17.0. The first-order valence-electron chi connectivity index (χ1n) is 6.62. The van der Waals surface area contributed by atoms with Gasteiger partial charge < -0.3 is 0 Å². The minimum absolute atomic E-state index is 0.0850. The Bertz CT molecular complexity index is 352. The summed E-state index contributed by atoms with van der Waals surface area (Å²) in [5.41, 5.74) is 0. The van der Waals surface area contributed by atoms with Crippen LogP contribution in [0, 0.1) is 17.8 Å². The van der Waals surface area contributed by atoms with Crippen LogP contribution >= 0.6 is 0 Å². The van der Waals surface area contributed by atoms with Crippen LogP contribution in [0.4, 0.5) is 0 Å². The van der Waals surface area contributed by atoms with Gasteiger partial charge in [0.25, 0.3) is 0 Å². The predicted molar refractivity (Wildman–Crippen MR) is 72.1 cm³/mol. The van der Waals surface area contributed by atoms with Crippen LogP contribution in [0.25, 0.3) is 0 Å². The van der Waals surface area contributed by atoms with Crippen molar-refractivity contribution in [2.75, 3.05) is 0 Å². The van der Waals surface area contributed by atoms with E-state index < -0.39 is 13.6 Å². The van der Waals surface area contributed by atoms with Gasteiger partial charge in [-0.3, -0.25) is 0 Å². The Morgan fingerprint density at radius 3 is 2.29 bits per heavy atom. The van der Waals surface area contributed by atoms with Crippen LogP contribution in [0.5, 0.6) is 0 Å². The topological polar surface area (TPSA) is 26.3 Å². The molecule has 0 amide bonds. The molecule has 0 saturated heterocycles. The summed E-state index contributed by atoms with van der Waals surface area (Å²) in [6, 6.07) is 0. The molecule has 17 heavy (non-hydrogen) atoms. The molecule has 1 fully saturated rings. The van der Waals surface area contributed by atoms with Crippen molar-refractivity contribution < 1.29 is 8.56 Å². The number of hydrogen-bond donors (Lipinski definition) is 0. The molecule has 2 rings (SSSR count). The summed E-state index contributed by atoms with van der Waals surface area (Å²) in [6.07, 6.45) is 6.67. The van der Waals surface area contributed by atoms with Crippen molar-refractivity contribution in [2.45, 2.75) is 49.4 Å². The average molecular weight is 297 g/mol. The van der Waals surface area contributed by atoms with Crippen molar-refractivity contribution in [3.63, 3.8) is 0 Å². The van der Waals surface area contributed by atoms with Crippen LogP contribution in [-0.2, 0) is 8.56 Å². The Kier molecular flexibility index (Phi) is 3.22. The van der Waals surface area contributed by atoms with Crippen LogP contribution in [0.2, 0.25) is 15.8 Å². The zero-order valence-electron chi connectivity index (χ0n) is 11.6. The average Bonchev–Trinajstić information content (AvgIpc) is 2.75. The Morgan fingerprint density at radius 1 is 1.24 bits per heavy atom. The fraction of sp³-hybridized carbons (Fsp3) is 0.786. The monoisotopic (exact) mass is 298 g/mol. The van der Waals surface area contributed by atoms with E-state index in [4.69, 9.17) is 3.76 Å². The van der Waals surface area contributed by atoms with Crippen molar-refractivity contribution in [1.82, 2.24) is 0 Å². The summed E-state index contributed by atoms with van der Waals surface area (Å²) >= 11 is -2.47. The van der Waals surface area contributed by atoms with Gasteiger partial charge in [0, 0.05) is 0 Å². The molecule has 0 aromatic rings. The number of rotatable bonds is 2. The van der Waals surface area contributed by atoms with Gasteiger partial charge in [0.05, 0.1) is 0 Å². The van der Waals surface area contributed by atoms with Gasteiger partial charge in [-0.15, -0.1) is 0 Å². The Hall–Kier alpha value is -0.247. The predicted octanol–water partition coefficient (Wildman–Crippen LogP) is 3.75. The quantitative estimate of drug-likeness (QED) is 0.573. The van der Waals surface area contributed by atoms with E-state index in [1.165, 1.54) is 6.42 Å². The molecular formula is C14H24GeO2. The molecule has 2 bridgehead atoms. The minimum atomic E-state index is -2.47. The second-order valence-electron chi connectivity index (χ2n) is 7.07. The first kappa shape index (κ1) is 13.2. The van der Waals surface area contributed by atoms with E-state index in [-0.39, 0.29) is 16.1 Å². The van der Waals surface area contributed by atoms with Gasteiger partial charge in [-0.1, -0.05) is 0 Å². The number of fused-ring (bicyclic) bond motifs is 2. The van der Waals surface area contributed by atoms with Gasteiger partial charge in [-0.05, 0) is 0 Å². The van der Waals surface area contributed by atoms with E-state index in [0.717, 1.165) is 6.42 Å². The van der Waals surface area contributed by atoms with E-state index in [2.05, 4.69) is 44.4 Å². The maximum absolute atomic E-state index is 12.3. The third-order valence-electron chi connectivity index (χ3n) is 4.74. The molecule has 0 aromatic heterocycles. The Labute approximate surface area is 108 Å². The van der Waals surface area contributed by atoms with Crippen LogP contribution in [-0.4, -0.2) is 19.6 Å². The molecule has 1 saturated carbocycles. The molecule has 0 N–H and O–H groups in total. The maximum atomic E-state index is 12.3. The van der Waals surface area contributed by atoms with Crippen LogP contribution in [0.3, 0.4) is 0 Å². The normalized spacial score (nSPS) is 31.9. The Morgan fingerprint density at radius 2 is 1.88 bits per heavy atom. The zero-order valence-corrected chi connectivity index (χ0v) is 13.7. The van der Waals surface area contributed by atoms with Gasteiger partial charge in [0.2, 0.25) is 0 Å². The second kappa shape index (κ2) is 4.15. The van der Waals surface area contributed by atoms with E-state index >= 15 is 0 Å². The number of carbonyl (C=O) groups excluding carboxylic acids is 1. The van der Waals surface area contributed by atoms with Crippen molar-refractivity contribution in [1.29, 1.82) is 0 Å². The third-order valence-corrected chi connectivity index (χ3v) is 13.8. The van der Waals surface area contributed by atoms with E-state index in [1.54, 1.807) is 0 Å². The number of carbonyl (C=O) groups is 1. The first-order valence-corrected chi connectivity index (χ1v) is 12.7. The molecule has 3 unspecified atom stereocenters. The van der Waals surface area contributed by atoms with Gasteiger partial charge in [-0.25, -0.2) is 0 Å². The summed E-state index contributed by atoms with van der Waals surface area (Å²) in [4.78, 5) is 12.3. The molecule has 3 atom stereocenters. The van der Waals surface area contributed by atoms with Crippen molar-refractivity contribution in [3.05, 3.63) is 12.2 Å².